The number of nitrogens with two attached hydrogens (primary N) is 1. The molecule has 0 aromatic heterocycles. The number of hydrazine groups is 1. The largest absolute Gasteiger partial charge is 0.381 e. The van der Waals surface area contributed by atoms with E-state index in [9.17, 15) is 0 Å². The molecule has 2 atom stereocenters. The summed E-state index contributed by atoms with van der Waals surface area (Å²) in [5, 5.41) is 1.90. The van der Waals surface area contributed by atoms with Crippen molar-refractivity contribution in [1.82, 2.24) is 5.01 Å². The summed E-state index contributed by atoms with van der Waals surface area (Å²) in [7, 11) is 0. The van der Waals surface area contributed by atoms with Crippen LogP contribution in [-0.4, -0.2) is 31.3 Å². The normalized spacial score (nSPS) is 43.7. The number of hydrogen-bond acceptors (Lipinski definition) is 3. The van der Waals surface area contributed by atoms with Gasteiger partial charge in [-0.1, -0.05) is 0 Å². The fraction of sp³-hybridized carbons (Fsp3) is 1.00. The van der Waals surface area contributed by atoms with Crippen molar-refractivity contribution >= 4 is 0 Å². The van der Waals surface area contributed by atoms with Gasteiger partial charge in [-0.3, -0.25) is 5.84 Å². The first-order chi connectivity index (χ1) is 4.36. The van der Waals surface area contributed by atoms with Gasteiger partial charge in [0.2, 0.25) is 0 Å². The molecule has 3 heteroatoms. The van der Waals surface area contributed by atoms with E-state index in [0.29, 0.717) is 0 Å². The highest BCUT2D eigenvalue weighted by Crippen LogP contribution is 2.26. The average Bonchev–Trinajstić information content (AvgIpc) is 2.22. The maximum absolute atomic E-state index is 5.60. The minimum absolute atomic E-state index is 0.731. The predicted molar refractivity (Wildman–Crippen MR) is 33.6 cm³/mol. The molecule has 2 saturated heterocycles. The van der Waals surface area contributed by atoms with E-state index in [0.717, 1.165) is 38.1 Å². The zero-order valence-corrected chi connectivity index (χ0v) is 5.42. The summed E-state index contributed by atoms with van der Waals surface area (Å²) in [6.45, 7) is 3.92. The minimum atomic E-state index is 0.731. The van der Waals surface area contributed by atoms with Crippen LogP contribution >= 0.6 is 0 Å². The summed E-state index contributed by atoms with van der Waals surface area (Å²) in [6, 6.07) is 0. The second kappa shape index (κ2) is 1.94. The van der Waals surface area contributed by atoms with Gasteiger partial charge in [-0.2, -0.15) is 0 Å². The summed E-state index contributed by atoms with van der Waals surface area (Å²) in [6.07, 6.45) is 0. The van der Waals surface area contributed by atoms with Crippen molar-refractivity contribution in [2.45, 2.75) is 0 Å². The highest BCUT2D eigenvalue weighted by molar-refractivity contribution is 4.84. The second-order valence-electron chi connectivity index (χ2n) is 3.01. The molecule has 2 N–H and O–H groups in total. The summed E-state index contributed by atoms with van der Waals surface area (Å²) >= 11 is 0. The molecule has 3 nitrogen and oxygen atoms in total. The van der Waals surface area contributed by atoms with E-state index in [1.807, 2.05) is 5.01 Å². The van der Waals surface area contributed by atoms with E-state index in [-0.39, 0.29) is 0 Å². The lowest BCUT2D eigenvalue weighted by atomic mass is 10.0. The first kappa shape index (κ1) is 5.65. The van der Waals surface area contributed by atoms with Crippen molar-refractivity contribution in [2.75, 3.05) is 26.3 Å². The smallest absolute Gasteiger partial charge is 0.0511 e. The van der Waals surface area contributed by atoms with Gasteiger partial charge in [0.1, 0.15) is 0 Å². The average molecular weight is 128 g/mol. The number of ether oxygens (including phenoxy) is 1. The topological polar surface area (TPSA) is 38.5 Å². The fourth-order valence-corrected chi connectivity index (χ4v) is 1.72. The fourth-order valence-electron chi connectivity index (χ4n) is 1.72. The van der Waals surface area contributed by atoms with E-state index < -0.39 is 0 Å². The Balaban J connectivity index is 2.02. The predicted octanol–water partition coefficient (Wildman–Crippen LogP) is -0.562. The lowest BCUT2D eigenvalue weighted by molar-refractivity contribution is 0.155. The molecule has 2 heterocycles. The number of rotatable bonds is 0. The van der Waals surface area contributed by atoms with Gasteiger partial charge in [-0.15, -0.1) is 0 Å². The highest BCUT2D eigenvalue weighted by Gasteiger charge is 2.35. The molecule has 0 saturated carbocycles. The van der Waals surface area contributed by atoms with Crippen molar-refractivity contribution < 1.29 is 4.74 Å². The minimum Gasteiger partial charge on any atom is -0.381 e. The lowest BCUT2D eigenvalue weighted by Gasteiger charge is -2.07. The summed E-state index contributed by atoms with van der Waals surface area (Å²) in [5.41, 5.74) is 0. The third-order valence-corrected chi connectivity index (χ3v) is 2.27. The molecule has 0 bridgehead atoms. The third kappa shape index (κ3) is 0.852. The van der Waals surface area contributed by atoms with Gasteiger partial charge in [0.05, 0.1) is 13.2 Å². The van der Waals surface area contributed by atoms with Crippen molar-refractivity contribution in [2.24, 2.45) is 17.7 Å². The summed E-state index contributed by atoms with van der Waals surface area (Å²) in [5.74, 6) is 7.07. The van der Waals surface area contributed by atoms with E-state index in [1.165, 1.54) is 0 Å². The Bertz CT molecular complexity index is 106. The Labute approximate surface area is 54.7 Å². The Kier molecular flexibility index (Phi) is 1.22. The van der Waals surface area contributed by atoms with Gasteiger partial charge in [-0.25, -0.2) is 5.01 Å². The SMILES string of the molecule is NN1C[C@@H]2COC[C@H]2C1. The standard InChI is InChI=1S/C6H12N2O/c7-8-1-5-3-9-4-6(5)2-8/h5-6H,1-4,7H2/t5-,6-/m1/s1. The van der Waals surface area contributed by atoms with Crippen molar-refractivity contribution in [3.05, 3.63) is 0 Å². The Morgan fingerprint density at radius 3 is 2.33 bits per heavy atom. The Morgan fingerprint density at radius 2 is 1.78 bits per heavy atom. The van der Waals surface area contributed by atoms with Gasteiger partial charge in [0.15, 0.2) is 0 Å². The summed E-state index contributed by atoms with van der Waals surface area (Å²) < 4.78 is 5.28. The number of fused-ring (bicyclic) bond motifs is 1. The van der Waals surface area contributed by atoms with Gasteiger partial charge < -0.3 is 4.74 Å². The first-order valence-electron chi connectivity index (χ1n) is 3.43. The number of hydrogen-bond donors (Lipinski definition) is 1. The van der Waals surface area contributed by atoms with Gasteiger partial charge in [-0.05, 0) is 0 Å². The molecule has 0 spiro atoms. The first-order valence-corrected chi connectivity index (χ1v) is 3.43. The van der Waals surface area contributed by atoms with Crippen LogP contribution < -0.4 is 5.84 Å². The van der Waals surface area contributed by atoms with Gasteiger partial charge in [0, 0.05) is 24.9 Å². The van der Waals surface area contributed by atoms with Crippen LogP contribution in [0.4, 0.5) is 0 Å². The van der Waals surface area contributed by atoms with E-state index >= 15 is 0 Å². The third-order valence-electron chi connectivity index (χ3n) is 2.27. The quantitative estimate of drug-likeness (QED) is 0.444. The second-order valence-corrected chi connectivity index (χ2v) is 3.01. The molecule has 2 aliphatic rings. The molecule has 0 amide bonds. The van der Waals surface area contributed by atoms with Crippen LogP contribution in [0.15, 0.2) is 0 Å². The molecule has 9 heavy (non-hydrogen) atoms. The molecule has 2 fully saturated rings. The molecule has 52 valence electrons. The highest BCUT2D eigenvalue weighted by atomic mass is 16.5. The van der Waals surface area contributed by atoms with E-state index in [2.05, 4.69) is 0 Å². The molecule has 2 rings (SSSR count). The van der Waals surface area contributed by atoms with Crippen LogP contribution in [0, 0.1) is 11.8 Å². The van der Waals surface area contributed by atoms with Crippen LogP contribution in [0.25, 0.3) is 0 Å². The monoisotopic (exact) mass is 128 g/mol. The summed E-state index contributed by atoms with van der Waals surface area (Å²) in [4.78, 5) is 0. The van der Waals surface area contributed by atoms with Crippen molar-refractivity contribution in [1.29, 1.82) is 0 Å². The maximum atomic E-state index is 5.60. The van der Waals surface area contributed by atoms with Crippen molar-refractivity contribution in [3.8, 4) is 0 Å². The Hall–Kier alpha value is -0.120. The number of nitrogens with zero attached hydrogens (tertiary/aromatic N) is 1. The van der Waals surface area contributed by atoms with Crippen LogP contribution in [0.3, 0.4) is 0 Å². The van der Waals surface area contributed by atoms with Crippen LogP contribution in [0.2, 0.25) is 0 Å². The van der Waals surface area contributed by atoms with Crippen LogP contribution in [0.5, 0.6) is 0 Å². The molecule has 0 unspecified atom stereocenters. The molecule has 0 aromatic rings. The molecule has 0 radical (unpaired) electrons. The molecule has 0 aromatic carbocycles. The lowest BCUT2D eigenvalue weighted by Crippen LogP contribution is -2.29. The Morgan fingerprint density at radius 1 is 1.22 bits per heavy atom. The maximum Gasteiger partial charge on any atom is 0.0511 e. The zero-order valence-electron chi connectivity index (χ0n) is 5.42. The van der Waals surface area contributed by atoms with E-state index in [1.54, 1.807) is 0 Å². The molecule has 0 aliphatic carbocycles. The van der Waals surface area contributed by atoms with Crippen molar-refractivity contribution in [3.63, 3.8) is 0 Å². The zero-order chi connectivity index (χ0) is 6.27. The van der Waals surface area contributed by atoms with Crippen LogP contribution in [-0.2, 0) is 4.74 Å². The molecular formula is C6H12N2O. The van der Waals surface area contributed by atoms with Gasteiger partial charge >= 0.3 is 0 Å². The van der Waals surface area contributed by atoms with Gasteiger partial charge in [0.25, 0.3) is 0 Å². The van der Waals surface area contributed by atoms with Crippen LogP contribution in [0.1, 0.15) is 0 Å². The van der Waals surface area contributed by atoms with E-state index in [4.69, 9.17) is 10.6 Å². The molecular weight excluding hydrogens is 116 g/mol. The molecule has 2 aliphatic heterocycles.